The number of hydrogen-bond donors (Lipinski definition) is 1. The SMILES string of the molecule is CC1CCN(CCCNC(=O)Cn2nc(-c3ccccc3)ccc2=O)CC1. The Balaban J connectivity index is 1.47. The molecule has 0 unspecified atom stereocenters. The number of nitrogens with one attached hydrogen (secondary N) is 1. The number of hydrogen-bond acceptors (Lipinski definition) is 4. The number of carbonyl (C=O) groups is 1. The summed E-state index contributed by atoms with van der Waals surface area (Å²) in [6.07, 6.45) is 3.45. The predicted octanol–water partition coefficient (Wildman–Crippen LogP) is 2.15. The first-order valence-electron chi connectivity index (χ1n) is 9.74. The molecule has 2 aromatic rings. The second-order valence-electron chi connectivity index (χ2n) is 7.31. The first-order chi connectivity index (χ1) is 13.1. The van der Waals surface area contributed by atoms with Crippen molar-refractivity contribution in [2.75, 3.05) is 26.2 Å². The third kappa shape index (κ3) is 5.76. The van der Waals surface area contributed by atoms with Gasteiger partial charge in [-0.15, -0.1) is 0 Å². The standard InChI is InChI=1S/C21H28N4O2/c1-17-10-14-24(15-11-17)13-5-12-22-20(26)16-25-21(27)9-8-19(23-25)18-6-3-2-4-7-18/h2-4,6-9,17H,5,10-16H2,1H3,(H,22,26). The summed E-state index contributed by atoms with van der Waals surface area (Å²) in [5.74, 6) is 0.653. The zero-order chi connectivity index (χ0) is 19.1. The van der Waals surface area contributed by atoms with Gasteiger partial charge in [-0.1, -0.05) is 37.3 Å². The largest absolute Gasteiger partial charge is 0.354 e. The summed E-state index contributed by atoms with van der Waals surface area (Å²) in [5.41, 5.74) is 1.33. The summed E-state index contributed by atoms with van der Waals surface area (Å²) < 4.78 is 1.23. The first kappa shape index (κ1) is 19.3. The number of amides is 1. The summed E-state index contributed by atoms with van der Waals surface area (Å²) in [5, 5.41) is 7.23. The molecule has 1 fully saturated rings. The molecular weight excluding hydrogens is 340 g/mol. The van der Waals surface area contributed by atoms with Gasteiger partial charge in [0.15, 0.2) is 0 Å². The molecule has 6 heteroatoms. The molecule has 3 rings (SSSR count). The van der Waals surface area contributed by atoms with E-state index in [4.69, 9.17) is 0 Å². The second-order valence-corrected chi connectivity index (χ2v) is 7.31. The maximum Gasteiger partial charge on any atom is 0.267 e. The molecule has 6 nitrogen and oxygen atoms in total. The second kappa shape index (κ2) is 9.46. The zero-order valence-electron chi connectivity index (χ0n) is 15.9. The number of piperidine rings is 1. The van der Waals surface area contributed by atoms with Gasteiger partial charge in [-0.05, 0) is 50.9 Å². The van der Waals surface area contributed by atoms with Crippen molar-refractivity contribution in [1.82, 2.24) is 20.0 Å². The van der Waals surface area contributed by atoms with Gasteiger partial charge in [0.25, 0.3) is 5.56 Å². The predicted molar refractivity (Wildman–Crippen MR) is 106 cm³/mol. The van der Waals surface area contributed by atoms with E-state index >= 15 is 0 Å². The van der Waals surface area contributed by atoms with Crippen LogP contribution in [-0.4, -0.2) is 46.8 Å². The molecule has 2 heterocycles. The molecule has 1 aliphatic heterocycles. The van der Waals surface area contributed by atoms with Crippen LogP contribution in [0, 0.1) is 5.92 Å². The Kier molecular flexibility index (Phi) is 6.76. The molecule has 0 saturated carbocycles. The van der Waals surface area contributed by atoms with Gasteiger partial charge in [-0.25, -0.2) is 4.68 Å². The van der Waals surface area contributed by atoms with Crippen molar-refractivity contribution in [3.8, 4) is 11.3 Å². The van der Waals surface area contributed by atoms with Crippen LogP contribution in [0.25, 0.3) is 11.3 Å². The first-order valence-corrected chi connectivity index (χ1v) is 9.74. The third-order valence-corrected chi connectivity index (χ3v) is 5.08. The highest BCUT2D eigenvalue weighted by atomic mass is 16.2. The number of nitrogens with zero attached hydrogens (tertiary/aromatic N) is 3. The smallest absolute Gasteiger partial charge is 0.267 e. The molecular formula is C21H28N4O2. The minimum atomic E-state index is -0.271. The molecule has 27 heavy (non-hydrogen) atoms. The minimum Gasteiger partial charge on any atom is -0.354 e. The monoisotopic (exact) mass is 368 g/mol. The highest BCUT2D eigenvalue weighted by Gasteiger charge is 2.15. The van der Waals surface area contributed by atoms with E-state index in [0.717, 1.165) is 37.5 Å². The Morgan fingerprint density at radius 3 is 2.63 bits per heavy atom. The Morgan fingerprint density at radius 2 is 1.89 bits per heavy atom. The van der Waals surface area contributed by atoms with Crippen molar-refractivity contribution in [3.63, 3.8) is 0 Å². The van der Waals surface area contributed by atoms with Crippen LogP contribution in [0.1, 0.15) is 26.2 Å². The molecule has 1 saturated heterocycles. The normalized spacial score (nSPS) is 15.6. The van der Waals surface area contributed by atoms with Gasteiger partial charge in [0.2, 0.25) is 5.91 Å². The van der Waals surface area contributed by atoms with Crippen molar-refractivity contribution < 1.29 is 4.79 Å². The molecule has 1 aromatic heterocycles. The van der Waals surface area contributed by atoms with Crippen LogP contribution in [0.2, 0.25) is 0 Å². The number of benzene rings is 1. The Labute approximate surface area is 160 Å². The minimum absolute atomic E-state index is 0.0548. The van der Waals surface area contributed by atoms with Crippen molar-refractivity contribution in [3.05, 3.63) is 52.8 Å². The quantitative estimate of drug-likeness (QED) is 0.761. The van der Waals surface area contributed by atoms with Gasteiger partial charge in [-0.3, -0.25) is 9.59 Å². The molecule has 1 N–H and O–H groups in total. The maximum atomic E-state index is 12.2. The van der Waals surface area contributed by atoms with Crippen LogP contribution in [-0.2, 0) is 11.3 Å². The van der Waals surface area contributed by atoms with E-state index in [1.165, 1.54) is 23.6 Å². The number of aromatic nitrogens is 2. The van der Waals surface area contributed by atoms with Crippen molar-refractivity contribution >= 4 is 5.91 Å². The van der Waals surface area contributed by atoms with Crippen LogP contribution < -0.4 is 10.9 Å². The average Bonchev–Trinajstić information content (AvgIpc) is 2.69. The van der Waals surface area contributed by atoms with E-state index in [-0.39, 0.29) is 18.0 Å². The van der Waals surface area contributed by atoms with E-state index in [1.807, 2.05) is 30.3 Å². The zero-order valence-corrected chi connectivity index (χ0v) is 15.9. The maximum absolute atomic E-state index is 12.2. The van der Waals surface area contributed by atoms with Crippen molar-refractivity contribution in [2.45, 2.75) is 32.7 Å². The van der Waals surface area contributed by atoms with Gasteiger partial charge < -0.3 is 10.2 Å². The van der Waals surface area contributed by atoms with Crippen molar-refractivity contribution in [1.29, 1.82) is 0 Å². The van der Waals surface area contributed by atoms with Crippen LogP contribution >= 0.6 is 0 Å². The third-order valence-electron chi connectivity index (χ3n) is 5.08. The van der Waals surface area contributed by atoms with E-state index in [1.54, 1.807) is 6.07 Å². The van der Waals surface area contributed by atoms with Gasteiger partial charge in [-0.2, -0.15) is 5.10 Å². The summed E-state index contributed by atoms with van der Waals surface area (Å²) >= 11 is 0. The molecule has 1 aliphatic rings. The lowest BCUT2D eigenvalue weighted by Crippen LogP contribution is -2.37. The van der Waals surface area contributed by atoms with E-state index in [2.05, 4.69) is 22.2 Å². The number of likely N-dealkylation sites (tertiary alicyclic amines) is 1. The molecule has 0 bridgehead atoms. The van der Waals surface area contributed by atoms with Gasteiger partial charge in [0, 0.05) is 18.2 Å². The fourth-order valence-corrected chi connectivity index (χ4v) is 3.33. The van der Waals surface area contributed by atoms with Crippen LogP contribution in [0.3, 0.4) is 0 Å². The summed E-state index contributed by atoms with van der Waals surface area (Å²) in [4.78, 5) is 26.7. The lowest BCUT2D eigenvalue weighted by Gasteiger charge is -2.30. The lowest BCUT2D eigenvalue weighted by molar-refractivity contribution is -0.121. The number of carbonyl (C=O) groups excluding carboxylic acids is 1. The molecule has 144 valence electrons. The Morgan fingerprint density at radius 1 is 1.15 bits per heavy atom. The summed E-state index contributed by atoms with van der Waals surface area (Å²) in [6, 6.07) is 12.8. The summed E-state index contributed by atoms with van der Waals surface area (Å²) in [7, 11) is 0. The fourth-order valence-electron chi connectivity index (χ4n) is 3.33. The molecule has 0 atom stereocenters. The topological polar surface area (TPSA) is 67.2 Å². The lowest BCUT2D eigenvalue weighted by atomic mass is 9.99. The van der Waals surface area contributed by atoms with Gasteiger partial charge in [0.1, 0.15) is 6.54 Å². The van der Waals surface area contributed by atoms with E-state index in [0.29, 0.717) is 12.2 Å². The van der Waals surface area contributed by atoms with Gasteiger partial charge in [0.05, 0.1) is 5.69 Å². The fraction of sp³-hybridized carbons (Fsp3) is 0.476. The molecule has 0 aliphatic carbocycles. The van der Waals surface area contributed by atoms with Crippen molar-refractivity contribution in [2.24, 2.45) is 5.92 Å². The van der Waals surface area contributed by atoms with Crippen LogP contribution in [0.4, 0.5) is 0 Å². The van der Waals surface area contributed by atoms with E-state index in [9.17, 15) is 9.59 Å². The van der Waals surface area contributed by atoms with Crippen LogP contribution in [0.15, 0.2) is 47.3 Å². The Hall–Kier alpha value is -2.47. The molecule has 0 spiro atoms. The highest BCUT2D eigenvalue weighted by Crippen LogP contribution is 2.16. The molecule has 1 amide bonds. The summed E-state index contributed by atoms with van der Waals surface area (Å²) in [6.45, 7) is 6.19. The number of rotatable bonds is 7. The van der Waals surface area contributed by atoms with Gasteiger partial charge >= 0.3 is 0 Å². The Bertz CT molecular complexity index is 795. The van der Waals surface area contributed by atoms with Crippen LogP contribution in [0.5, 0.6) is 0 Å². The molecule has 0 radical (unpaired) electrons. The highest BCUT2D eigenvalue weighted by molar-refractivity contribution is 5.75. The average molecular weight is 368 g/mol. The molecule has 1 aromatic carbocycles. The van der Waals surface area contributed by atoms with E-state index < -0.39 is 0 Å².